The lowest BCUT2D eigenvalue weighted by Crippen LogP contribution is -2.32. The molecule has 140 valence electrons. The molecule has 0 aliphatic carbocycles. The van der Waals surface area contributed by atoms with Crippen LogP contribution in [0.2, 0.25) is 0 Å². The van der Waals surface area contributed by atoms with Crippen LogP contribution in [-0.2, 0) is 21.1 Å². The Morgan fingerprint density at radius 2 is 1.77 bits per heavy atom. The fraction of sp³-hybridized carbons (Fsp3) is 0.350. The number of benzene rings is 2. The van der Waals surface area contributed by atoms with Gasteiger partial charge < -0.3 is 10.6 Å². The summed E-state index contributed by atoms with van der Waals surface area (Å²) in [6, 6.07) is 12.9. The van der Waals surface area contributed by atoms with E-state index in [1.807, 2.05) is 26.0 Å². The highest BCUT2D eigenvalue weighted by Gasteiger charge is 2.12. The molecule has 26 heavy (non-hydrogen) atoms. The topological polar surface area (TPSA) is 75.3 Å². The number of nitrogens with one attached hydrogen (secondary N) is 2. The number of hydrogen-bond acceptors (Lipinski definition) is 4. The summed E-state index contributed by atoms with van der Waals surface area (Å²) in [4.78, 5) is 12.5. The second kappa shape index (κ2) is 8.36. The summed E-state index contributed by atoms with van der Waals surface area (Å²) in [6.45, 7) is 5.98. The lowest BCUT2D eigenvalue weighted by Gasteiger charge is -2.16. The fourth-order valence-electron chi connectivity index (χ4n) is 2.62. The van der Waals surface area contributed by atoms with E-state index < -0.39 is 9.84 Å². The van der Waals surface area contributed by atoms with Crippen LogP contribution in [0.15, 0.2) is 47.4 Å². The van der Waals surface area contributed by atoms with Gasteiger partial charge in [0.05, 0.1) is 17.5 Å². The van der Waals surface area contributed by atoms with Crippen molar-refractivity contribution in [3.8, 4) is 0 Å². The third kappa shape index (κ3) is 5.33. The zero-order valence-electron chi connectivity index (χ0n) is 15.7. The lowest BCUT2D eigenvalue weighted by atomic mass is 10.1. The van der Waals surface area contributed by atoms with Crippen molar-refractivity contribution < 1.29 is 13.2 Å². The zero-order valence-corrected chi connectivity index (χ0v) is 16.5. The van der Waals surface area contributed by atoms with E-state index in [0.29, 0.717) is 5.69 Å². The molecule has 0 aliphatic heterocycles. The van der Waals surface area contributed by atoms with Gasteiger partial charge in [-0.15, -0.1) is 0 Å². The highest BCUT2D eigenvalue weighted by atomic mass is 32.2. The lowest BCUT2D eigenvalue weighted by molar-refractivity contribution is -0.120. The monoisotopic (exact) mass is 374 g/mol. The largest absolute Gasteiger partial charge is 0.376 e. The molecular formula is C20H26N2O3S. The molecule has 0 unspecified atom stereocenters. The smallest absolute Gasteiger partial charge is 0.239 e. The SMILES string of the molecule is CCc1ccc([C@H](C)NC(=O)CNc2cc(S(C)(=O)=O)ccc2C)cc1. The highest BCUT2D eigenvalue weighted by Crippen LogP contribution is 2.20. The molecule has 6 heteroatoms. The number of aryl methyl sites for hydroxylation is 2. The minimum atomic E-state index is -3.28. The normalized spacial score (nSPS) is 12.5. The van der Waals surface area contributed by atoms with Crippen molar-refractivity contribution >= 4 is 21.4 Å². The Balaban J connectivity index is 1.98. The molecule has 2 aromatic carbocycles. The average Bonchev–Trinajstić information content (AvgIpc) is 2.60. The maximum Gasteiger partial charge on any atom is 0.239 e. The van der Waals surface area contributed by atoms with Crippen molar-refractivity contribution in [2.24, 2.45) is 0 Å². The molecule has 2 N–H and O–H groups in total. The van der Waals surface area contributed by atoms with Gasteiger partial charge in [-0.1, -0.05) is 37.3 Å². The molecule has 0 aliphatic rings. The van der Waals surface area contributed by atoms with E-state index in [-0.39, 0.29) is 23.4 Å². The predicted molar refractivity (Wildman–Crippen MR) is 105 cm³/mol. The summed E-state index contributed by atoms with van der Waals surface area (Å²) < 4.78 is 23.4. The minimum absolute atomic E-state index is 0.0748. The van der Waals surface area contributed by atoms with Crippen LogP contribution in [0.25, 0.3) is 0 Å². The molecule has 0 saturated carbocycles. The zero-order chi connectivity index (χ0) is 19.3. The van der Waals surface area contributed by atoms with Crippen LogP contribution in [-0.4, -0.2) is 27.1 Å². The van der Waals surface area contributed by atoms with E-state index in [4.69, 9.17) is 0 Å². The molecule has 0 spiro atoms. The van der Waals surface area contributed by atoms with Crippen LogP contribution in [0, 0.1) is 6.92 Å². The Kier molecular flexibility index (Phi) is 6.42. The van der Waals surface area contributed by atoms with Gasteiger partial charge in [0.15, 0.2) is 9.84 Å². The molecule has 0 radical (unpaired) electrons. The Bertz CT molecular complexity index is 874. The second-order valence-electron chi connectivity index (χ2n) is 6.49. The van der Waals surface area contributed by atoms with Gasteiger partial charge in [0.1, 0.15) is 0 Å². The Hall–Kier alpha value is -2.34. The number of anilines is 1. The minimum Gasteiger partial charge on any atom is -0.376 e. The molecule has 0 saturated heterocycles. The van der Waals surface area contributed by atoms with Crippen LogP contribution in [0.1, 0.15) is 36.6 Å². The van der Waals surface area contributed by atoms with Gasteiger partial charge in [-0.05, 0) is 49.1 Å². The van der Waals surface area contributed by atoms with Crippen molar-refractivity contribution in [1.29, 1.82) is 0 Å². The van der Waals surface area contributed by atoms with E-state index in [2.05, 4.69) is 29.7 Å². The number of hydrogen-bond donors (Lipinski definition) is 2. The summed E-state index contributed by atoms with van der Waals surface area (Å²) in [6.07, 6.45) is 2.15. The van der Waals surface area contributed by atoms with Crippen molar-refractivity contribution in [3.63, 3.8) is 0 Å². The van der Waals surface area contributed by atoms with Gasteiger partial charge in [0, 0.05) is 11.9 Å². The summed E-state index contributed by atoms with van der Waals surface area (Å²) >= 11 is 0. The second-order valence-corrected chi connectivity index (χ2v) is 8.50. The number of carbonyl (C=O) groups excluding carboxylic acids is 1. The first-order valence-corrected chi connectivity index (χ1v) is 10.5. The van der Waals surface area contributed by atoms with Crippen molar-refractivity contribution in [2.45, 2.75) is 38.1 Å². The van der Waals surface area contributed by atoms with Crippen LogP contribution >= 0.6 is 0 Å². The van der Waals surface area contributed by atoms with Crippen LogP contribution in [0.3, 0.4) is 0 Å². The number of rotatable bonds is 7. The van der Waals surface area contributed by atoms with Gasteiger partial charge in [-0.25, -0.2) is 8.42 Å². The van der Waals surface area contributed by atoms with Gasteiger partial charge in [-0.3, -0.25) is 4.79 Å². The number of carbonyl (C=O) groups is 1. The third-order valence-corrected chi connectivity index (χ3v) is 5.45. The molecule has 0 bridgehead atoms. The van der Waals surface area contributed by atoms with E-state index >= 15 is 0 Å². The van der Waals surface area contributed by atoms with Crippen molar-refractivity contribution in [3.05, 3.63) is 59.2 Å². The van der Waals surface area contributed by atoms with Gasteiger partial charge in [0.2, 0.25) is 5.91 Å². The van der Waals surface area contributed by atoms with Gasteiger partial charge in [0.25, 0.3) is 0 Å². The highest BCUT2D eigenvalue weighted by molar-refractivity contribution is 7.90. The summed E-state index contributed by atoms with van der Waals surface area (Å²) in [7, 11) is -3.28. The molecule has 2 rings (SSSR count). The predicted octanol–water partition coefficient (Wildman–Crippen LogP) is 3.25. The Morgan fingerprint density at radius 1 is 1.12 bits per heavy atom. The average molecular weight is 375 g/mol. The maximum absolute atomic E-state index is 12.2. The van der Waals surface area contributed by atoms with E-state index in [1.165, 1.54) is 11.8 Å². The molecule has 1 atom stereocenters. The van der Waals surface area contributed by atoms with Gasteiger partial charge >= 0.3 is 0 Å². The summed E-state index contributed by atoms with van der Waals surface area (Å²) in [5.74, 6) is -0.152. The fourth-order valence-corrected chi connectivity index (χ4v) is 3.26. The maximum atomic E-state index is 12.2. The first-order valence-electron chi connectivity index (χ1n) is 8.63. The number of sulfone groups is 1. The molecule has 1 amide bonds. The van der Waals surface area contributed by atoms with Crippen LogP contribution in [0.4, 0.5) is 5.69 Å². The molecule has 0 aromatic heterocycles. The molecule has 2 aromatic rings. The van der Waals surface area contributed by atoms with Crippen LogP contribution in [0.5, 0.6) is 0 Å². The van der Waals surface area contributed by atoms with Crippen molar-refractivity contribution in [2.75, 3.05) is 18.1 Å². The molecule has 5 nitrogen and oxygen atoms in total. The molecular weight excluding hydrogens is 348 g/mol. The molecule has 0 heterocycles. The molecule has 0 fully saturated rings. The van der Waals surface area contributed by atoms with Gasteiger partial charge in [-0.2, -0.15) is 0 Å². The van der Waals surface area contributed by atoms with E-state index in [1.54, 1.807) is 18.2 Å². The van der Waals surface area contributed by atoms with Crippen LogP contribution < -0.4 is 10.6 Å². The van der Waals surface area contributed by atoms with Crippen molar-refractivity contribution in [1.82, 2.24) is 5.32 Å². The summed E-state index contributed by atoms with van der Waals surface area (Å²) in [5.41, 5.74) is 3.83. The first-order chi connectivity index (χ1) is 12.2. The van der Waals surface area contributed by atoms with E-state index in [9.17, 15) is 13.2 Å². The van der Waals surface area contributed by atoms with E-state index in [0.717, 1.165) is 17.5 Å². The first kappa shape index (κ1) is 20.0. The standard InChI is InChI=1S/C20H26N2O3S/c1-5-16-7-9-17(10-8-16)15(3)22-20(23)13-21-19-12-18(26(4,24)25)11-6-14(19)2/h6-12,15,21H,5,13H2,1-4H3,(H,22,23)/t15-/m0/s1. The Morgan fingerprint density at radius 3 is 2.35 bits per heavy atom. The quantitative estimate of drug-likeness (QED) is 0.780. The number of amides is 1. The summed E-state index contributed by atoms with van der Waals surface area (Å²) in [5, 5.41) is 5.97. The third-order valence-electron chi connectivity index (χ3n) is 4.34. The Labute approximate surface area is 155 Å².